The molecule has 118 valence electrons. The molecule has 0 saturated heterocycles. The minimum absolute atomic E-state index is 0.0431. The van der Waals surface area contributed by atoms with Gasteiger partial charge in [0.1, 0.15) is 0 Å². The number of rotatable bonds is 10. The maximum absolute atomic E-state index is 11.3. The molecule has 0 unspecified atom stereocenters. The number of carbonyl (C=O) groups is 2. The largest absolute Gasteiger partial charge is 0.501 e. The Labute approximate surface area is 128 Å². The molecule has 6 nitrogen and oxygen atoms in total. The van der Waals surface area contributed by atoms with E-state index in [2.05, 4.69) is 13.2 Å². The van der Waals surface area contributed by atoms with Gasteiger partial charge in [0.25, 0.3) is 0 Å². The summed E-state index contributed by atoms with van der Waals surface area (Å²) in [4.78, 5) is 22.6. The van der Waals surface area contributed by atoms with Gasteiger partial charge in [-0.2, -0.15) is 0 Å². The van der Waals surface area contributed by atoms with E-state index in [4.69, 9.17) is 9.47 Å². The number of ether oxygens (including phenoxy) is 2. The summed E-state index contributed by atoms with van der Waals surface area (Å²) in [5.41, 5.74) is 0.929. The Bertz CT molecular complexity index is 529. The van der Waals surface area contributed by atoms with Crippen LogP contribution in [0.3, 0.4) is 0 Å². The Morgan fingerprint density at radius 1 is 0.909 bits per heavy atom. The first-order chi connectivity index (χ1) is 10.5. The molecule has 2 N–H and O–H groups in total. The van der Waals surface area contributed by atoms with Crippen molar-refractivity contribution in [3.63, 3.8) is 0 Å². The summed E-state index contributed by atoms with van der Waals surface area (Å²) >= 11 is 0. The molecule has 0 bridgehead atoms. The van der Waals surface area contributed by atoms with Gasteiger partial charge in [0, 0.05) is 12.8 Å². The van der Waals surface area contributed by atoms with Gasteiger partial charge in [-0.1, -0.05) is 19.2 Å². The van der Waals surface area contributed by atoms with E-state index in [0.29, 0.717) is 24.0 Å². The van der Waals surface area contributed by atoms with Crippen molar-refractivity contribution in [2.75, 3.05) is 13.2 Å². The van der Waals surface area contributed by atoms with Crippen LogP contribution in [0.15, 0.2) is 37.8 Å². The van der Waals surface area contributed by atoms with E-state index >= 15 is 0 Å². The van der Waals surface area contributed by atoms with Gasteiger partial charge < -0.3 is 19.7 Å². The zero-order valence-corrected chi connectivity index (χ0v) is 12.1. The van der Waals surface area contributed by atoms with Gasteiger partial charge in [-0.05, 0) is 17.2 Å². The Morgan fingerprint density at radius 3 is 1.64 bits per heavy atom. The predicted molar refractivity (Wildman–Crippen MR) is 80.1 cm³/mol. The van der Waals surface area contributed by atoms with E-state index in [-0.39, 0.29) is 24.3 Å². The van der Waals surface area contributed by atoms with E-state index in [1.165, 1.54) is 18.6 Å². The van der Waals surface area contributed by atoms with Crippen molar-refractivity contribution in [3.8, 4) is 0 Å². The summed E-state index contributed by atoms with van der Waals surface area (Å²) < 4.78 is 10.0. The van der Waals surface area contributed by atoms with Crippen LogP contribution in [0.4, 0.5) is 0 Å². The molecule has 0 aliphatic rings. The average Bonchev–Trinajstić information content (AvgIpc) is 2.47. The van der Waals surface area contributed by atoms with Gasteiger partial charge in [0.15, 0.2) is 0 Å². The Hall–Kier alpha value is -2.76. The Morgan fingerprint density at radius 2 is 1.32 bits per heavy atom. The molecule has 0 radical (unpaired) electrons. The highest BCUT2D eigenvalue weighted by atomic mass is 16.5. The summed E-state index contributed by atoms with van der Waals surface area (Å²) in [5, 5.41) is 18.5. The zero-order chi connectivity index (χ0) is 16.5. The highest BCUT2D eigenvalue weighted by Crippen LogP contribution is 2.20. The molecule has 1 aromatic rings. The van der Waals surface area contributed by atoms with Gasteiger partial charge in [-0.3, -0.25) is 0 Å². The zero-order valence-electron chi connectivity index (χ0n) is 12.1. The maximum atomic E-state index is 11.3. The highest BCUT2D eigenvalue weighted by molar-refractivity contribution is 5.96. The third-order valence-electron chi connectivity index (χ3n) is 3.00. The third-order valence-corrected chi connectivity index (χ3v) is 3.00. The molecule has 22 heavy (non-hydrogen) atoms. The first-order valence-electron chi connectivity index (χ1n) is 6.58. The topological polar surface area (TPSA) is 93.1 Å². The van der Waals surface area contributed by atoms with Gasteiger partial charge >= 0.3 is 11.9 Å². The molecular weight excluding hydrogens is 288 g/mol. The fourth-order valence-electron chi connectivity index (χ4n) is 2.01. The molecular formula is C16H18O6. The lowest BCUT2D eigenvalue weighted by Crippen LogP contribution is -2.12. The van der Waals surface area contributed by atoms with Gasteiger partial charge in [0.2, 0.25) is 0 Å². The van der Waals surface area contributed by atoms with Crippen LogP contribution in [-0.2, 0) is 22.3 Å². The second-order valence-electron chi connectivity index (χ2n) is 4.35. The molecule has 6 heteroatoms. The van der Waals surface area contributed by atoms with Gasteiger partial charge in [0.05, 0.1) is 36.9 Å². The average molecular weight is 306 g/mol. The van der Waals surface area contributed by atoms with Crippen LogP contribution in [-0.4, -0.2) is 35.4 Å². The summed E-state index contributed by atoms with van der Waals surface area (Å²) in [5.74, 6) is -2.35. The molecule has 0 spiro atoms. The minimum atomic E-state index is -1.18. The number of hydrogen-bond acceptors (Lipinski definition) is 4. The second kappa shape index (κ2) is 8.51. The lowest BCUT2D eigenvalue weighted by atomic mass is 9.95. The third kappa shape index (κ3) is 4.66. The minimum Gasteiger partial charge on any atom is -0.501 e. The van der Waals surface area contributed by atoms with Crippen LogP contribution in [0.1, 0.15) is 31.8 Å². The fourth-order valence-corrected chi connectivity index (χ4v) is 2.01. The number of carboxylic acid groups (broad SMARTS) is 2. The van der Waals surface area contributed by atoms with Crippen molar-refractivity contribution in [1.29, 1.82) is 0 Å². The SMILES string of the molecule is C=COCCc1cc(CCOC=C)c(C(=O)O)cc1C(=O)O. The van der Waals surface area contributed by atoms with Crippen molar-refractivity contribution in [2.24, 2.45) is 0 Å². The Balaban J connectivity index is 3.18. The van der Waals surface area contributed by atoms with E-state index < -0.39 is 11.9 Å². The quantitative estimate of drug-likeness (QED) is 0.509. The summed E-state index contributed by atoms with van der Waals surface area (Å²) in [6, 6.07) is 2.75. The first kappa shape index (κ1) is 17.3. The van der Waals surface area contributed by atoms with Crippen LogP contribution in [0.25, 0.3) is 0 Å². The van der Waals surface area contributed by atoms with E-state index in [1.807, 2.05) is 0 Å². The summed E-state index contributed by atoms with van der Waals surface area (Å²) in [6.45, 7) is 7.35. The summed E-state index contributed by atoms with van der Waals surface area (Å²) in [6.07, 6.45) is 3.21. The van der Waals surface area contributed by atoms with Crippen LogP contribution in [0.2, 0.25) is 0 Å². The number of benzene rings is 1. The second-order valence-corrected chi connectivity index (χ2v) is 4.35. The van der Waals surface area contributed by atoms with Gasteiger partial charge in [-0.15, -0.1) is 0 Å². The lowest BCUT2D eigenvalue weighted by molar-refractivity contribution is 0.0694. The number of hydrogen-bond donors (Lipinski definition) is 2. The molecule has 1 rings (SSSR count). The van der Waals surface area contributed by atoms with Crippen molar-refractivity contribution in [1.82, 2.24) is 0 Å². The van der Waals surface area contributed by atoms with E-state index in [1.54, 1.807) is 6.07 Å². The smallest absolute Gasteiger partial charge is 0.335 e. The van der Waals surface area contributed by atoms with Crippen molar-refractivity contribution < 1.29 is 29.3 Å². The van der Waals surface area contributed by atoms with Crippen molar-refractivity contribution >= 4 is 11.9 Å². The lowest BCUT2D eigenvalue weighted by Gasteiger charge is -2.12. The highest BCUT2D eigenvalue weighted by Gasteiger charge is 2.18. The Kier molecular flexibility index (Phi) is 6.69. The van der Waals surface area contributed by atoms with Crippen LogP contribution in [0, 0.1) is 0 Å². The number of aromatic carboxylic acids is 2. The summed E-state index contributed by atoms with van der Waals surface area (Å²) in [7, 11) is 0. The fraction of sp³-hybridized carbons (Fsp3) is 0.250. The molecule has 0 fully saturated rings. The van der Waals surface area contributed by atoms with Crippen molar-refractivity contribution in [2.45, 2.75) is 12.8 Å². The van der Waals surface area contributed by atoms with E-state index in [0.717, 1.165) is 0 Å². The monoisotopic (exact) mass is 306 g/mol. The molecule has 1 aromatic carbocycles. The van der Waals surface area contributed by atoms with Crippen LogP contribution in [0.5, 0.6) is 0 Å². The predicted octanol–water partition coefficient (Wildman–Crippen LogP) is 2.49. The van der Waals surface area contributed by atoms with Crippen LogP contribution >= 0.6 is 0 Å². The first-order valence-corrected chi connectivity index (χ1v) is 6.58. The van der Waals surface area contributed by atoms with Crippen molar-refractivity contribution in [3.05, 3.63) is 60.1 Å². The van der Waals surface area contributed by atoms with Gasteiger partial charge in [-0.25, -0.2) is 9.59 Å². The molecule has 0 saturated carbocycles. The van der Waals surface area contributed by atoms with E-state index in [9.17, 15) is 19.8 Å². The standard InChI is InChI=1S/C16H18O6/c1-3-21-7-5-11-9-12(6-8-22-4-2)14(16(19)20)10-13(11)15(17)18/h3-4,9-10H,1-2,5-8H2,(H,17,18)(H,19,20). The molecule has 0 aliphatic heterocycles. The molecule has 0 heterocycles. The maximum Gasteiger partial charge on any atom is 0.335 e. The number of carboxylic acids is 2. The molecule has 0 amide bonds. The van der Waals surface area contributed by atoms with Crippen LogP contribution < -0.4 is 0 Å². The molecule has 0 aliphatic carbocycles. The normalized spacial score (nSPS) is 9.82. The molecule has 0 aromatic heterocycles. The molecule has 0 atom stereocenters.